The standard InChI is InChI=1S/C15H28N2O2/c1-3-9-17-15(4-2,13-16)8-5-10-19-14-6-11-18-12-7-14/h14,17H,3-12H2,1-2H3. The van der Waals surface area contributed by atoms with E-state index in [4.69, 9.17) is 9.47 Å². The smallest absolute Gasteiger partial charge is 0.106 e. The van der Waals surface area contributed by atoms with E-state index in [0.29, 0.717) is 6.10 Å². The highest BCUT2D eigenvalue weighted by Gasteiger charge is 2.26. The van der Waals surface area contributed by atoms with E-state index in [0.717, 1.165) is 64.9 Å². The molecule has 1 rings (SSSR count). The molecule has 1 N–H and O–H groups in total. The second-order valence-electron chi connectivity index (χ2n) is 5.26. The van der Waals surface area contributed by atoms with E-state index in [9.17, 15) is 5.26 Å². The molecule has 4 heteroatoms. The van der Waals surface area contributed by atoms with Crippen LogP contribution in [0.4, 0.5) is 0 Å². The fourth-order valence-electron chi connectivity index (χ4n) is 2.40. The number of rotatable bonds is 9. The number of nitriles is 1. The van der Waals surface area contributed by atoms with Crippen LogP contribution in [0.2, 0.25) is 0 Å². The van der Waals surface area contributed by atoms with Crippen LogP contribution in [-0.2, 0) is 9.47 Å². The Balaban J connectivity index is 2.22. The minimum Gasteiger partial charge on any atom is -0.381 e. The van der Waals surface area contributed by atoms with Gasteiger partial charge in [0.25, 0.3) is 0 Å². The van der Waals surface area contributed by atoms with Crippen molar-refractivity contribution in [2.24, 2.45) is 0 Å². The van der Waals surface area contributed by atoms with Gasteiger partial charge in [-0.3, -0.25) is 5.32 Å². The predicted octanol–water partition coefficient (Wildman–Crippen LogP) is 2.63. The molecule has 1 unspecified atom stereocenters. The molecule has 0 aliphatic carbocycles. The van der Waals surface area contributed by atoms with E-state index in [2.05, 4.69) is 25.2 Å². The van der Waals surface area contributed by atoms with E-state index in [1.807, 2.05) is 0 Å². The molecule has 1 saturated heterocycles. The Hall–Kier alpha value is -0.630. The summed E-state index contributed by atoms with van der Waals surface area (Å²) in [6.07, 6.45) is 6.08. The summed E-state index contributed by atoms with van der Waals surface area (Å²) in [5.74, 6) is 0. The first-order valence-electron chi connectivity index (χ1n) is 7.62. The van der Waals surface area contributed by atoms with Gasteiger partial charge in [0.05, 0.1) is 12.2 Å². The van der Waals surface area contributed by atoms with Crippen molar-refractivity contribution >= 4 is 0 Å². The van der Waals surface area contributed by atoms with Crippen molar-refractivity contribution in [3.05, 3.63) is 0 Å². The number of nitrogens with zero attached hydrogens (tertiary/aromatic N) is 1. The fraction of sp³-hybridized carbons (Fsp3) is 0.933. The highest BCUT2D eigenvalue weighted by molar-refractivity contribution is 5.06. The minimum absolute atomic E-state index is 0.357. The lowest BCUT2D eigenvalue weighted by molar-refractivity contribution is -0.0334. The summed E-state index contributed by atoms with van der Waals surface area (Å²) in [5, 5.41) is 12.8. The Morgan fingerprint density at radius 3 is 2.68 bits per heavy atom. The molecule has 19 heavy (non-hydrogen) atoms. The number of nitrogens with one attached hydrogen (secondary N) is 1. The molecule has 110 valence electrons. The normalized spacial score (nSPS) is 19.8. The summed E-state index contributed by atoms with van der Waals surface area (Å²) in [5.41, 5.74) is -0.366. The largest absolute Gasteiger partial charge is 0.381 e. The zero-order valence-corrected chi connectivity index (χ0v) is 12.4. The molecule has 0 spiro atoms. The monoisotopic (exact) mass is 268 g/mol. The lowest BCUT2D eigenvalue weighted by Gasteiger charge is -2.27. The molecule has 0 bridgehead atoms. The van der Waals surface area contributed by atoms with Crippen LogP contribution in [0.3, 0.4) is 0 Å². The third-order valence-corrected chi connectivity index (χ3v) is 3.80. The van der Waals surface area contributed by atoms with Crippen molar-refractivity contribution in [2.45, 2.75) is 64.0 Å². The first kappa shape index (κ1) is 16.4. The van der Waals surface area contributed by atoms with E-state index in [1.165, 1.54) is 0 Å². The van der Waals surface area contributed by atoms with Gasteiger partial charge < -0.3 is 9.47 Å². The minimum atomic E-state index is -0.366. The maximum absolute atomic E-state index is 9.38. The molecule has 1 atom stereocenters. The molecular formula is C15H28N2O2. The van der Waals surface area contributed by atoms with Crippen LogP contribution in [0, 0.1) is 11.3 Å². The van der Waals surface area contributed by atoms with Gasteiger partial charge in [0.15, 0.2) is 0 Å². The third-order valence-electron chi connectivity index (χ3n) is 3.80. The molecule has 1 aliphatic heterocycles. The van der Waals surface area contributed by atoms with E-state index in [-0.39, 0.29) is 5.54 Å². The van der Waals surface area contributed by atoms with E-state index in [1.54, 1.807) is 0 Å². The number of hydrogen-bond donors (Lipinski definition) is 1. The van der Waals surface area contributed by atoms with Gasteiger partial charge in [-0.25, -0.2) is 0 Å². The fourth-order valence-corrected chi connectivity index (χ4v) is 2.40. The van der Waals surface area contributed by atoms with E-state index >= 15 is 0 Å². The summed E-state index contributed by atoms with van der Waals surface area (Å²) in [6.45, 7) is 7.49. The molecule has 0 saturated carbocycles. The Bertz CT molecular complexity index is 272. The Morgan fingerprint density at radius 2 is 2.11 bits per heavy atom. The third kappa shape index (κ3) is 5.90. The highest BCUT2D eigenvalue weighted by Crippen LogP contribution is 2.18. The summed E-state index contributed by atoms with van der Waals surface area (Å²) >= 11 is 0. The molecule has 4 nitrogen and oxygen atoms in total. The van der Waals surface area contributed by atoms with Gasteiger partial charge in [0.1, 0.15) is 5.54 Å². The van der Waals surface area contributed by atoms with Gasteiger partial charge in [0.2, 0.25) is 0 Å². The highest BCUT2D eigenvalue weighted by atomic mass is 16.5. The van der Waals surface area contributed by atoms with Crippen molar-refractivity contribution in [3.63, 3.8) is 0 Å². The lowest BCUT2D eigenvalue weighted by atomic mass is 9.92. The zero-order chi connectivity index (χ0) is 14.0. The van der Waals surface area contributed by atoms with Crippen molar-refractivity contribution in [1.29, 1.82) is 5.26 Å². The average molecular weight is 268 g/mol. The van der Waals surface area contributed by atoms with Gasteiger partial charge in [-0.05, 0) is 45.1 Å². The van der Waals surface area contributed by atoms with Gasteiger partial charge in [-0.15, -0.1) is 0 Å². The van der Waals surface area contributed by atoms with Gasteiger partial charge in [0, 0.05) is 19.8 Å². The second kappa shape index (κ2) is 9.30. The summed E-state index contributed by atoms with van der Waals surface area (Å²) in [7, 11) is 0. The van der Waals surface area contributed by atoms with Crippen LogP contribution in [0.15, 0.2) is 0 Å². The van der Waals surface area contributed by atoms with Gasteiger partial charge >= 0.3 is 0 Å². The summed E-state index contributed by atoms with van der Waals surface area (Å²) in [6, 6.07) is 2.45. The van der Waals surface area contributed by atoms with Crippen LogP contribution in [0.25, 0.3) is 0 Å². The maximum atomic E-state index is 9.38. The van der Waals surface area contributed by atoms with Gasteiger partial charge in [-0.2, -0.15) is 5.26 Å². The first-order valence-corrected chi connectivity index (χ1v) is 7.62. The molecule has 0 radical (unpaired) electrons. The predicted molar refractivity (Wildman–Crippen MR) is 76.0 cm³/mol. The quantitative estimate of drug-likeness (QED) is 0.653. The van der Waals surface area contributed by atoms with Crippen molar-refractivity contribution in [2.75, 3.05) is 26.4 Å². The number of hydrogen-bond acceptors (Lipinski definition) is 4. The Morgan fingerprint density at radius 1 is 1.37 bits per heavy atom. The zero-order valence-electron chi connectivity index (χ0n) is 12.4. The molecule has 0 aromatic carbocycles. The van der Waals surface area contributed by atoms with E-state index < -0.39 is 0 Å². The summed E-state index contributed by atoms with van der Waals surface area (Å²) in [4.78, 5) is 0. The second-order valence-corrected chi connectivity index (χ2v) is 5.26. The molecule has 0 aromatic heterocycles. The first-order chi connectivity index (χ1) is 9.26. The topological polar surface area (TPSA) is 54.3 Å². The summed E-state index contributed by atoms with van der Waals surface area (Å²) < 4.78 is 11.2. The molecule has 1 aliphatic rings. The van der Waals surface area contributed by atoms with Crippen molar-refractivity contribution in [3.8, 4) is 6.07 Å². The van der Waals surface area contributed by atoms with Crippen LogP contribution < -0.4 is 5.32 Å². The van der Waals surface area contributed by atoms with Crippen LogP contribution in [0.5, 0.6) is 0 Å². The molecule has 1 fully saturated rings. The van der Waals surface area contributed by atoms with Crippen LogP contribution >= 0.6 is 0 Å². The maximum Gasteiger partial charge on any atom is 0.106 e. The Kier molecular flexibility index (Phi) is 8.04. The lowest BCUT2D eigenvalue weighted by Crippen LogP contribution is -2.44. The molecule has 1 heterocycles. The van der Waals surface area contributed by atoms with Crippen LogP contribution in [0.1, 0.15) is 52.4 Å². The Labute approximate surface area is 117 Å². The SMILES string of the molecule is CCCNC(C#N)(CC)CCCOC1CCOCC1. The van der Waals surface area contributed by atoms with Crippen molar-refractivity contribution < 1.29 is 9.47 Å². The van der Waals surface area contributed by atoms with Crippen LogP contribution in [-0.4, -0.2) is 38.0 Å². The van der Waals surface area contributed by atoms with Gasteiger partial charge in [-0.1, -0.05) is 13.8 Å². The molecule has 0 aromatic rings. The van der Waals surface area contributed by atoms with Crippen molar-refractivity contribution in [1.82, 2.24) is 5.32 Å². The average Bonchev–Trinajstić information content (AvgIpc) is 2.48. The molecule has 0 amide bonds. The molecular weight excluding hydrogens is 240 g/mol. The number of ether oxygens (including phenoxy) is 2.